The Hall–Kier alpha value is -6.78. The zero-order valence-electron chi connectivity index (χ0n) is 34.7. The van der Waals surface area contributed by atoms with E-state index in [1.165, 1.54) is 18.2 Å². The van der Waals surface area contributed by atoms with E-state index in [0.29, 0.717) is 13.4 Å². The fourth-order valence-electron chi connectivity index (χ4n) is 8.19. The van der Waals surface area contributed by atoms with Crippen LogP contribution in [0, 0.1) is 17.5 Å². The standard InChI is InChI=1S/C57H33Br3F3N3/c58-49-28-34(13-19-52(49)61)55-22-16-37(31-64-55)43-7-1-4-10-46(43)40-25-41(47-11-5-2-8-44(47)38-17-23-56(65-32-38)35-14-20-53(62)50(59)29-35)27-42(26-40)48-12-6-3-9-45(48)39-18-24-57(66-33-39)36-15-21-54(63)51(60)30-36/h1-33H. The molecule has 0 bridgehead atoms. The van der Waals surface area contributed by atoms with Crippen molar-refractivity contribution < 1.29 is 13.2 Å². The number of nitrogens with zero attached hydrogens (tertiary/aromatic N) is 3. The summed E-state index contributed by atoms with van der Waals surface area (Å²) >= 11 is 9.93. The van der Waals surface area contributed by atoms with Crippen molar-refractivity contribution in [1.82, 2.24) is 15.0 Å². The molecule has 9 heteroatoms. The van der Waals surface area contributed by atoms with E-state index in [4.69, 9.17) is 15.0 Å². The lowest BCUT2D eigenvalue weighted by molar-refractivity contribution is 0.621. The number of pyridine rings is 3. The van der Waals surface area contributed by atoms with Crippen molar-refractivity contribution in [3.05, 3.63) is 231 Å². The lowest BCUT2D eigenvalue weighted by atomic mass is 9.86. The molecule has 10 rings (SSSR count). The van der Waals surface area contributed by atoms with Crippen molar-refractivity contribution in [2.75, 3.05) is 0 Å². The van der Waals surface area contributed by atoms with E-state index >= 15 is 0 Å². The van der Waals surface area contributed by atoms with Crippen LogP contribution in [0.3, 0.4) is 0 Å². The first-order valence-electron chi connectivity index (χ1n) is 20.9. The Bertz CT molecular complexity index is 3060. The fraction of sp³-hybridized carbons (Fsp3) is 0. The molecule has 3 nitrogen and oxygen atoms in total. The minimum absolute atomic E-state index is 0.328. The highest BCUT2D eigenvalue weighted by molar-refractivity contribution is 9.11. The predicted molar refractivity (Wildman–Crippen MR) is 272 cm³/mol. The van der Waals surface area contributed by atoms with Gasteiger partial charge in [0, 0.05) is 52.0 Å². The lowest BCUT2D eigenvalue weighted by Crippen LogP contribution is -1.93. The summed E-state index contributed by atoms with van der Waals surface area (Å²) in [5.41, 5.74) is 16.5. The maximum Gasteiger partial charge on any atom is 0.137 e. The first kappa shape index (κ1) is 43.1. The second kappa shape index (κ2) is 18.6. The summed E-state index contributed by atoms with van der Waals surface area (Å²) in [6, 6.07) is 58.4. The molecule has 318 valence electrons. The molecule has 0 radical (unpaired) electrons. The zero-order valence-corrected chi connectivity index (χ0v) is 39.4. The normalized spacial score (nSPS) is 11.2. The van der Waals surface area contributed by atoms with Crippen molar-refractivity contribution in [1.29, 1.82) is 0 Å². The molecule has 66 heavy (non-hydrogen) atoms. The minimum Gasteiger partial charge on any atom is -0.256 e. The maximum absolute atomic E-state index is 14.1. The van der Waals surface area contributed by atoms with E-state index in [9.17, 15) is 13.2 Å². The van der Waals surface area contributed by atoms with E-state index < -0.39 is 0 Å². The van der Waals surface area contributed by atoms with Gasteiger partial charge in [-0.1, -0.05) is 91.0 Å². The molecule has 3 heterocycles. The fourth-order valence-corrected chi connectivity index (χ4v) is 9.33. The topological polar surface area (TPSA) is 38.7 Å². The Morgan fingerprint density at radius 1 is 0.258 bits per heavy atom. The van der Waals surface area contributed by atoms with Crippen LogP contribution >= 0.6 is 47.8 Å². The second-order valence-corrected chi connectivity index (χ2v) is 18.2. The molecule has 0 saturated carbocycles. The van der Waals surface area contributed by atoms with E-state index in [0.717, 1.165) is 101 Å². The summed E-state index contributed by atoms with van der Waals surface area (Å²) in [5.74, 6) is -0.983. The van der Waals surface area contributed by atoms with Crippen molar-refractivity contribution in [2.24, 2.45) is 0 Å². The summed E-state index contributed by atoms with van der Waals surface area (Å²) in [5, 5.41) is 0. The van der Waals surface area contributed by atoms with Gasteiger partial charge in [-0.3, -0.25) is 15.0 Å². The van der Waals surface area contributed by atoms with Crippen LogP contribution in [-0.4, -0.2) is 15.0 Å². The van der Waals surface area contributed by atoms with Gasteiger partial charge in [0.05, 0.1) is 30.5 Å². The van der Waals surface area contributed by atoms with Gasteiger partial charge in [-0.05, 0) is 189 Å². The summed E-state index contributed by atoms with van der Waals surface area (Å²) in [4.78, 5) is 14.5. The quantitative estimate of drug-likeness (QED) is 0.145. The van der Waals surface area contributed by atoms with Crippen LogP contribution in [0.1, 0.15) is 0 Å². The number of benzene rings is 7. The number of aromatic nitrogens is 3. The van der Waals surface area contributed by atoms with Gasteiger partial charge < -0.3 is 0 Å². The van der Waals surface area contributed by atoms with Crippen molar-refractivity contribution >= 4 is 47.8 Å². The van der Waals surface area contributed by atoms with Crippen LogP contribution in [-0.2, 0) is 0 Å². The van der Waals surface area contributed by atoms with Gasteiger partial charge >= 0.3 is 0 Å². The average molecular weight is 1060 g/mol. The average Bonchev–Trinajstić information content (AvgIpc) is 3.36. The van der Waals surface area contributed by atoms with Crippen LogP contribution in [0.5, 0.6) is 0 Å². The molecule has 0 aliphatic carbocycles. The second-order valence-electron chi connectivity index (χ2n) is 15.6. The highest BCUT2D eigenvalue weighted by Gasteiger charge is 2.18. The highest BCUT2D eigenvalue weighted by atomic mass is 79.9. The Morgan fingerprint density at radius 2 is 0.500 bits per heavy atom. The van der Waals surface area contributed by atoms with E-state index in [1.54, 1.807) is 36.4 Å². The van der Waals surface area contributed by atoms with Crippen molar-refractivity contribution in [2.45, 2.75) is 0 Å². The molecule has 0 N–H and O–H groups in total. The molecule has 0 atom stereocenters. The molecular weight excluding hydrogens is 1020 g/mol. The Morgan fingerprint density at radius 3 is 0.727 bits per heavy atom. The molecular formula is C57H33Br3F3N3. The molecule has 0 aliphatic heterocycles. The third-order valence-corrected chi connectivity index (χ3v) is 13.3. The van der Waals surface area contributed by atoms with Gasteiger partial charge in [0.2, 0.25) is 0 Å². The molecule has 0 spiro atoms. The van der Waals surface area contributed by atoms with Gasteiger partial charge in [-0.2, -0.15) is 0 Å². The Kier molecular flexibility index (Phi) is 12.2. The van der Waals surface area contributed by atoms with Crippen LogP contribution in [0.2, 0.25) is 0 Å². The van der Waals surface area contributed by atoms with E-state index in [2.05, 4.69) is 121 Å². The van der Waals surface area contributed by atoms with Gasteiger partial charge in [0.15, 0.2) is 0 Å². The molecule has 0 aliphatic rings. The molecule has 0 unspecified atom stereocenters. The number of halogens is 6. The van der Waals surface area contributed by atoms with Crippen molar-refractivity contribution in [3.8, 4) is 101 Å². The molecule has 0 saturated heterocycles. The van der Waals surface area contributed by atoms with Gasteiger partial charge in [0.25, 0.3) is 0 Å². The number of rotatable bonds is 9. The maximum atomic E-state index is 14.1. The molecule has 7 aromatic carbocycles. The van der Waals surface area contributed by atoms with Crippen LogP contribution in [0.15, 0.2) is 214 Å². The molecule has 0 amide bonds. The zero-order chi connectivity index (χ0) is 45.3. The summed E-state index contributed by atoms with van der Waals surface area (Å²) in [6.45, 7) is 0. The molecule has 0 fully saturated rings. The van der Waals surface area contributed by atoms with Crippen LogP contribution in [0.4, 0.5) is 13.2 Å². The van der Waals surface area contributed by atoms with Crippen LogP contribution < -0.4 is 0 Å². The Labute approximate surface area is 405 Å². The first-order chi connectivity index (χ1) is 32.2. The molecule has 3 aromatic heterocycles. The van der Waals surface area contributed by atoms with Crippen LogP contribution in [0.25, 0.3) is 101 Å². The third-order valence-electron chi connectivity index (χ3n) is 11.5. The minimum atomic E-state index is -0.328. The monoisotopic (exact) mass is 1050 g/mol. The van der Waals surface area contributed by atoms with E-state index in [1.807, 2.05) is 73.2 Å². The summed E-state index contributed by atoms with van der Waals surface area (Å²) in [7, 11) is 0. The smallest absolute Gasteiger partial charge is 0.137 e. The molecule has 10 aromatic rings. The van der Waals surface area contributed by atoms with Crippen molar-refractivity contribution in [3.63, 3.8) is 0 Å². The largest absolute Gasteiger partial charge is 0.256 e. The van der Waals surface area contributed by atoms with E-state index in [-0.39, 0.29) is 17.5 Å². The Balaban J connectivity index is 1.10. The van der Waals surface area contributed by atoms with Gasteiger partial charge in [-0.15, -0.1) is 0 Å². The van der Waals surface area contributed by atoms with Gasteiger partial charge in [0.1, 0.15) is 17.5 Å². The SMILES string of the molecule is Fc1ccc(-c2ccc(-c3ccccc3-c3cc(-c4ccccc4-c4ccc(-c5ccc(F)c(Br)c5)nc4)cc(-c4ccccc4-c4ccc(-c5ccc(F)c(Br)c5)nc4)c3)cn2)cc1Br. The summed E-state index contributed by atoms with van der Waals surface area (Å²) in [6.07, 6.45) is 5.59. The predicted octanol–water partition coefficient (Wildman–Crippen LogP) is 17.6. The lowest BCUT2D eigenvalue weighted by Gasteiger charge is -2.18. The first-order valence-corrected chi connectivity index (χ1v) is 23.2. The number of hydrogen-bond donors (Lipinski definition) is 0. The summed E-state index contributed by atoms with van der Waals surface area (Å²) < 4.78 is 43.4. The highest BCUT2D eigenvalue weighted by Crippen LogP contribution is 2.43. The van der Waals surface area contributed by atoms with Gasteiger partial charge in [-0.25, -0.2) is 13.2 Å². The third kappa shape index (κ3) is 8.82. The number of hydrogen-bond acceptors (Lipinski definition) is 3.